The lowest BCUT2D eigenvalue weighted by molar-refractivity contribution is -0.128. The van der Waals surface area contributed by atoms with E-state index < -0.39 is 5.97 Å². The molecule has 1 aromatic heterocycles. The van der Waals surface area contributed by atoms with Crippen LogP contribution in [0.2, 0.25) is 5.02 Å². The van der Waals surface area contributed by atoms with Crippen molar-refractivity contribution in [3.63, 3.8) is 0 Å². The summed E-state index contributed by atoms with van der Waals surface area (Å²) in [5.41, 5.74) is 2.22. The number of para-hydroxylation sites is 2. The smallest absolute Gasteiger partial charge is 0.336 e. The molecule has 0 amide bonds. The summed E-state index contributed by atoms with van der Waals surface area (Å²) in [6.45, 7) is 0. The van der Waals surface area contributed by atoms with Crippen LogP contribution in [0.3, 0.4) is 0 Å². The lowest BCUT2D eigenvalue weighted by Gasteiger charge is -2.10. The predicted octanol–water partition coefficient (Wildman–Crippen LogP) is 6.23. The molecule has 0 radical (unpaired) electrons. The predicted molar refractivity (Wildman–Crippen MR) is 154 cm³/mol. The Morgan fingerprint density at radius 2 is 1.64 bits per heavy atom. The van der Waals surface area contributed by atoms with Crippen LogP contribution in [-0.4, -0.2) is 29.0 Å². The molecule has 0 saturated carbocycles. The minimum absolute atomic E-state index is 0.291. The van der Waals surface area contributed by atoms with Crippen LogP contribution in [0.1, 0.15) is 11.1 Å². The van der Waals surface area contributed by atoms with Crippen LogP contribution in [0, 0.1) is 0 Å². The molecule has 0 aliphatic heterocycles. The number of esters is 1. The molecule has 5 aromatic rings. The molecule has 39 heavy (non-hydrogen) atoms. The van der Waals surface area contributed by atoms with E-state index in [1.165, 1.54) is 17.0 Å². The first-order chi connectivity index (χ1) is 19.0. The molecule has 1 heterocycles. The summed E-state index contributed by atoms with van der Waals surface area (Å²) in [6.07, 6.45) is 4.43. The summed E-state index contributed by atoms with van der Waals surface area (Å²) >= 11 is 5.91. The molecule has 192 valence electrons. The summed E-state index contributed by atoms with van der Waals surface area (Å²) < 4.78 is 12.1. The number of nitrogens with zero attached hydrogens (tertiary/aromatic N) is 3. The monoisotopic (exact) mass is 535 g/mol. The van der Waals surface area contributed by atoms with Gasteiger partial charge < -0.3 is 9.47 Å². The Hall–Kier alpha value is -5.01. The second-order valence-electron chi connectivity index (χ2n) is 8.39. The summed E-state index contributed by atoms with van der Waals surface area (Å²) in [4.78, 5) is 30.7. The SMILES string of the molecule is COc1ccc(-c2nc3ccccc3c(=O)n2N=Cc2ccccc2OC(=O)/C=C/c2ccc(Cl)cc2)cc1. The second kappa shape index (κ2) is 11.6. The Morgan fingerprint density at radius 3 is 2.41 bits per heavy atom. The summed E-state index contributed by atoms with van der Waals surface area (Å²) in [6, 6.07) is 28.3. The summed E-state index contributed by atoms with van der Waals surface area (Å²) in [5, 5.41) is 5.52. The minimum Gasteiger partial charge on any atom is -0.497 e. The molecule has 7 nitrogen and oxygen atoms in total. The fourth-order valence-corrected chi connectivity index (χ4v) is 3.96. The van der Waals surface area contributed by atoms with Crippen molar-refractivity contribution >= 4 is 40.8 Å². The maximum absolute atomic E-state index is 13.5. The Morgan fingerprint density at radius 1 is 0.923 bits per heavy atom. The van der Waals surface area contributed by atoms with Gasteiger partial charge in [-0.05, 0) is 72.3 Å². The second-order valence-corrected chi connectivity index (χ2v) is 8.82. The Labute approximate surface area is 229 Å². The number of methoxy groups -OCH3 is 1. The van der Waals surface area contributed by atoms with Crippen LogP contribution in [-0.2, 0) is 4.79 Å². The average Bonchev–Trinajstić information content (AvgIpc) is 2.97. The van der Waals surface area contributed by atoms with Crippen molar-refractivity contribution in [1.29, 1.82) is 0 Å². The van der Waals surface area contributed by atoms with E-state index in [9.17, 15) is 9.59 Å². The van der Waals surface area contributed by atoms with Gasteiger partial charge in [0, 0.05) is 22.2 Å². The first-order valence-corrected chi connectivity index (χ1v) is 12.3. The Balaban J connectivity index is 1.48. The van der Waals surface area contributed by atoms with E-state index in [0.717, 1.165) is 5.56 Å². The van der Waals surface area contributed by atoms with Gasteiger partial charge in [-0.2, -0.15) is 9.78 Å². The molecule has 0 N–H and O–H groups in total. The van der Waals surface area contributed by atoms with Crippen molar-refractivity contribution in [2.45, 2.75) is 0 Å². The van der Waals surface area contributed by atoms with Crippen LogP contribution in [0.4, 0.5) is 0 Å². The molecule has 0 fully saturated rings. The first kappa shape index (κ1) is 25.6. The molecular formula is C31H22ClN3O4. The van der Waals surface area contributed by atoms with Crippen LogP contribution >= 0.6 is 11.6 Å². The van der Waals surface area contributed by atoms with Crippen molar-refractivity contribution in [2.75, 3.05) is 7.11 Å². The number of halogens is 1. The lowest BCUT2D eigenvalue weighted by atomic mass is 10.2. The number of ether oxygens (including phenoxy) is 2. The van der Waals surface area contributed by atoms with Gasteiger partial charge >= 0.3 is 5.97 Å². The number of fused-ring (bicyclic) bond motifs is 1. The van der Waals surface area contributed by atoms with Gasteiger partial charge in [0.2, 0.25) is 0 Å². The number of hydrogen-bond acceptors (Lipinski definition) is 6. The molecule has 0 aliphatic carbocycles. The molecule has 0 atom stereocenters. The molecule has 0 aliphatic rings. The van der Waals surface area contributed by atoms with Gasteiger partial charge in [0.25, 0.3) is 5.56 Å². The van der Waals surface area contributed by atoms with Crippen LogP contribution in [0.5, 0.6) is 11.5 Å². The van der Waals surface area contributed by atoms with Crippen LogP contribution in [0.25, 0.3) is 28.4 Å². The third kappa shape index (κ3) is 5.95. The van der Waals surface area contributed by atoms with Crippen LogP contribution < -0.4 is 15.0 Å². The fraction of sp³-hybridized carbons (Fsp3) is 0.0323. The quantitative estimate of drug-likeness (QED) is 0.107. The molecule has 4 aromatic carbocycles. The Kier molecular flexibility index (Phi) is 7.61. The third-order valence-electron chi connectivity index (χ3n) is 5.83. The van der Waals surface area contributed by atoms with E-state index in [4.69, 9.17) is 26.1 Å². The van der Waals surface area contributed by atoms with Crippen molar-refractivity contribution in [1.82, 2.24) is 9.66 Å². The topological polar surface area (TPSA) is 82.8 Å². The van der Waals surface area contributed by atoms with E-state index >= 15 is 0 Å². The van der Waals surface area contributed by atoms with Crippen molar-refractivity contribution in [3.05, 3.63) is 130 Å². The molecule has 0 spiro atoms. The number of hydrogen-bond donors (Lipinski definition) is 0. The minimum atomic E-state index is -0.561. The van der Waals surface area contributed by atoms with Crippen molar-refractivity contribution < 1.29 is 14.3 Å². The number of benzene rings is 4. The van der Waals surface area contributed by atoms with E-state index in [1.807, 2.05) is 18.2 Å². The van der Waals surface area contributed by atoms with Crippen LogP contribution in [0.15, 0.2) is 113 Å². The lowest BCUT2D eigenvalue weighted by Crippen LogP contribution is -2.20. The molecule has 8 heteroatoms. The zero-order valence-electron chi connectivity index (χ0n) is 20.8. The standard InChI is InChI=1S/C31H22ClN3O4/c1-38-25-17-13-22(14-18-25)30-34-27-8-4-3-7-26(27)31(37)35(30)33-20-23-6-2-5-9-28(23)39-29(36)19-12-21-10-15-24(32)16-11-21/h2-20H,1H3/b19-12+,33-20?. The molecule has 5 rings (SSSR count). The van der Waals surface area contributed by atoms with E-state index in [0.29, 0.717) is 44.4 Å². The van der Waals surface area contributed by atoms with E-state index in [1.54, 1.807) is 92.0 Å². The van der Waals surface area contributed by atoms with Gasteiger partial charge in [0.15, 0.2) is 5.82 Å². The summed E-state index contributed by atoms with van der Waals surface area (Å²) in [5.74, 6) is 0.768. The molecular weight excluding hydrogens is 514 g/mol. The maximum Gasteiger partial charge on any atom is 0.336 e. The largest absolute Gasteiger partial charge is 0.497 e. The highest BCUT2D eigenvalue weighted by Crippen LogP contribution is 2.23. The van der Waals surface area contributed by atoms with Gasteiger partial charge in [-0.1, -0.05) is 48.0 Å². The summed E-state index contributed by atoms with van der Waals surface area (Å²) in [7, 11) is 1.58. The number of rotatable bonds is 7. The van der Waals surface area contributed by atoms with Crippen molar-refractivity contribution in [2.24, 2.45) is 5.10 Å². The van der Waals surface area contributed by atoms with Gasteiger partial charge in [-0.25, -0.2) is 9.78 Å². The normalized spacial score (nSPS) is 11.3. The highest BCUT2D eigenvalue weighted by atomic mass is 35.5. The zero-order valence-corrected chi connectivity index (χ0v) is 21.6. The van der Waals surface area contributed by atoms with E-state index in [2.05, 4.69) is 5.10 Å². The highest BCUT2D eigenvalue weighted by Gasteiger charge is 2.13. The van der Waals surface area contributed by atoms with Gasteiger partial charge in [-0.15, -0.1) is 0 Å². The number of aromatic nitrogens is 2. The highest BCUT2D eigenvalue weighted by molar-refractivity contribution is 6.30. The maximum atomic E-state index is 13.5. The molecule has 0 saturated heterocycles. The number of carbonyl (C=O) groups excluding carboxylic acids is 1. The average molecular weight is 536 g/mol. The zero-order chi connectivity index (χ0) is 27.2. The van der Waals surface area contributed by atoms with Gasteiger partial charge in [0.1, 0.15) is 11.5 Å². The fourth-order valence-electron chi connectivity index (χ4n) is 3.84. The third-order valence-corrected chi connectivity index (χ3v) is 6.08. The van der Waals surface area contributed by atoms with Gasteiger partial charge in [-0.3, -0.25) is 4.79 Å². The Bertz CT molecular complexity index is 1760. The number of carbonyl (C=O) groups is 1. The van der Waals surface area contributed by atoms with Crippen molar-refractivity contribution in [3.8, 4) is 22.9 Å². The van der Waals surface area contributed by atoms with Gasteiger partial charge in [0.05, 0.1) is 24.2 Å². The molecule has 0 unspecified atom stereocenters. The molecule has 0 bridgehead atoms. The van der Waals surface area contributed by atoms with E-state index in [-0.39, 0.29) is 5.56 Å². The first-order valence-electron chi connectivity index (χ1n) is 12.0.